The molecular weight excluding hydrogens is 113 g/mol. The highest BCUT2D eigenvalue weighted by molar-refractivity contribution is 6.12. The van der Waals surface area contributed by atoms with E-state index in [0.717, 1.165) is 0 Å². The van der Waals surface area contributed by atoms with Crippen molar-refractivity contribution in [1.29, 1.82) is 0 Å². The van der Waals surface area contributed by atoms with Crippen molar-refractivity contribution in [3.63, 3.8) is 0 Å². The van der Waals surface area contributed by atoms with Gasteiger partial charge in [-0.2, -0.15) is 0 Å². The van der Waals surface area contributed by atoms with Crippen LogP contribution in [-0.2, 0) is 4.79 Å². The summed E-state index contributed by atoms with van der Waals surface area (Å²) in [5.74, 6) is 0.498. The zero-order chi connectivity index (χ0) is 7.44. The van der Waals surface area contributed by atoms with Gasteiger partial charge < -0.3 is 5.32 Å². The summed E-state index contributed by atoms with van der Waals surface area (Å²) in [4.78, 5) is 10.8. The first-order valence-electron chi connectivity index (χ1n) is 3.34. The Hall–Kier alpha value is -0.465. The van der Waals surface area contributed by atoms with Crippen molar-refractivity contribution in [2.75, 3.05) is 0 Å². The van der Waals surface area contributed by atoms with Gasteiger partial charge in [0.05, 0.1) is 0 Å². The van der Waals surface area contributed by atoms with Gasteiger partial charge >= 0.3 is 0 Å². The molecule has 0 saturated heterocycles. The summed E-state index contributed by atoms with van der Waals surface area (Å²) < 4.78 is 0. The van der Waals surface area contributed by atoms with Gasteiger partial charge in [0.2, 0.25) is 5.91 Å². The van der Waals surface area contributed by atoms with Crippen LogP contribution in [0, 0.1) is 5.92 Å². The van der Waals surface area contributed by atoms with Gasteiger partial charge in [-0.05, 0) is 5.94 Å². The third-order valence-electron chi connectivity index (χ3n) is 0.955. The Morgan fingerprint density at radius 2 is 1.89 bits per heavy atom. The molecule has 1 atom stereocenters. The summed E-state index contributed by atoms with van der Waals surface area (Å²) in [6, 6.07) is 0. The molecule has 0 spiro atoms. The first-order valence-corrected chi connectivity index (χ1v) is 3.34. The third kappa shape index (κ3) is 4.07. The second kappa shape index (κ2) is 3.54. The molecule has 0 aliphatic carbocycles. The van der Waals surface area contributed by atoms with Crippen molar-refractivity contribution in [2.45, 2.75) is 26.7 Å². The number of hydrogen-bond acceptors (Lipinski definition) is 1. The molecule has 0 saturated carbocycles. The average molecular weight is 127 g/mol. The van der Waals surface area contributed by atoms with Gasteiger partial charge in [0.15, 0.2) is 0 Å². The smallest absolute Gasteiger partial charge is 0.222 e. The van der Waals surface area contributed by atoms with Crippen molar-refractivity contribution in [2.24, 2.45) is 5.92 Å². The second-order valence-corrected chi connectivity index (χ2v) is 2.82. The number of hydrogen-bond donors (Lipinski definition) is 1. The molecular formula is C6H14BNO. The third-order valence-corrected chi connectivity index (χ3v) is 0.955. The van der Waals surface area contributed by atoms with Crippen LogP contribution in [0.2, 0.25) is 0 Å². The summed E-state index contributed by atoms with van der Waals surface area (Å²) in [7, 11) is 1.96. The molecule has 0 fully saturated rings. The van der Waals surface area contributed by atoms with Gasteiger partial charge in [-0.3, -0.25) is 4.79 Å². The molecule has 52 valence electrons. The van der Waals surface area contributed by atoms with Gasteiger partial charge in [0.25, 0.3) is 0 Å². The minimum atomic E-state index is 0.104. The SMILES string of the molecule is BC(C)NC(=O)C(C)C. The molecule has 0 aliphatic heterocycles. The van der Waals surface area contributed by atoms with Crippen LogP contribution in [0.3, 0.4) is 0 Å². The Morgan fingerprint density at radius 1 is 1.44 bits per heavy atom. The minimum Gasteiger partial charge on any atom is -0.361 e. The summed E-state index contributed by atoms with van der Waals surface area (Å²) >= 11 is 0. The van der Waals surface area contributed by atoms with E-state index in [1.165, 1.54) is 0 Å². The molecule has 0 aromatic carbocycles. The van der Waals surface area contributed by atoms with Crippen molar-refractivity contribution in [3.05, 3.63) is 0 Å². The number of carbonyl (C=O) groups excluding carboxylic acids is 1. The lowest BCUT2D eigenvalue weighted by Crippen LogP contribution is -2.35. The van der Waals surface area contributed by atoms with E-state index in [1.54, 1.807) is 0 Å². The molecule has 1 unspecified atom stereocenters. The van der Waals surface area contributed by atoms with Crippen LogP contribution < -0.4 is 5.32 Å². The average Bonchev–Trinajstić information content (AvgIpc) is 1.63. The Kier molecular flexibility index (Phi) is 3.36. The van der Waals surface area contributed by atoms with Crippen LogP contribution in [0.5, 0.6) is 0 Å². The molecule has 0 rings (SSSR count). The highest BCUT2D eigenvalue weighted by Gasteiger charge is 2.06. The monoisotopic (exact) mass is 127 g/mol. The van der Waals surface area contributed by atoms with E-state index in [0.29, 0.717) is 0 Å². The molecule has 0 heterocycles. The van der Waals surface area contributed by atoms with Crippen molar-refractivity contribution in [3.8, 4) is 0 Å². The number of rotatable bonds is 2. The van der Waals surface area contributed by atoms with Crippen molar-refractivity contribution < 1.29 is 4.79 Å². The summed E-state index contributed by atoms with van der Waals surface area (Å²) in [6.45, 7) is 5.73. The molecule has 3 heteroatoms. The zero-order valence-electron chi connectivity index (χ0n) is 6.56. The van der Waals surface area contributed by atoms with Crippen LogP contribution >= 0.6 is 0 Å². The minimum absolute atomic E-state index is 0.104. The number of carbonyl (C=O) groups is 1. The van der Waals surface area contributed by atoms with Crippen molar-refractivity contribution in [1.82, 2.24) is 5.32 Å². The van der Waals surface area contributed by atoms with Crippen LogP contribution in [-0.4, -0.2) is 19.7 Å². The van der Waals surface area contributed by atoms with Crippen molar-refractivity contribution >= 4 is 13.8 Å². The molecule has 1 N–H and O–H groups in total. The molecule has 0 aromatic heterocycles. The van der Waals surface area contributed by atoms with Gasteiger partial charge in [-0.15, -0.1) is 0 Å². The van der Waals surface area contributed by atoms with Crippen LogP contribution in [0.25, 0.3) is 0 Å². The van der Waals surface area contributed by atoms with E-state index >= 15 is 0 Å². The lowest BCUT2D eigenvalue weighted by molar-refractivity contribution is -0.124. The number of nitrogens with one attached hydrogen (secondary N) is 1. The lowest BCUT2D eigenvalue weighted by atomic mass is 9.98. The predicted octanol–water partition coefficient (Wildman–Crippen LogP) is -0.262. The van der Waals surface area contributed by atoms with Crippen LogP contribution in [0.1, 0.15) is 20.8 Å². The maximum absolute atomic E-state index is 10.8. The molecule has 9 heavy (non-hydrogen) atoms. The lowest BCUT2D eigenvalue weighted by Gasteiger charge is -2.09. The maximum Gasteiger partial charge on any atom is 0.222 e. The fourth-order valence-corrected chi connectivity index (χ4v) is 0.451. The Labute approximate surface area is 57.4 Å². The van der Waals surface area contributed by atoms with Gasteiger partial charge in [0.1, 0.15) is 7.85 Å². The first kappa shape index (κ1) is 8.53. The van der Waals surface area contributed by atoms with E-state index < -0.39 is 0 Å². The van der Waals surface area contributed by atoms with E-state index in [4.69, 9.17) is 0 Å². The highest BCUT2D eigenvalue weighted by Crippen LogP contribution is 1.90. The highest BCUT2D eigenvalue weighted by atomic mass is 16.1. The van der Waals surface area contributed by atoms with E-state index in [9.17, 15) is 4.79 Å². The molecule has 0 aliphatic rings. The predicted molar refractivity (Wildman–Crippen MR) is 41.0 cm³/mol. The van der Waals surface area contributed by atoms with Gasteiger partial charge in [0, 0.05) is 5.92 Å². The van der Waals surface area contributed by atoms with E-state index in [2.05, 4.69) is 5.32 Å². The Morgan fingerprint density at radius 3 is 2.00 bits per heavy atom. The normalized spacial score (nSPS) is 13.3. The summed E-state index contributed by atoms with van der Waals surface area (Å²) in [6.07, 6.45) is 0. The molecule has 1 amide bonds. The zero-order valence-corrected chi connectivity index (χ0v) is 6.56. The fourth-order valence-electron chi connectivity index (χ4n) is 0.451. The molecule has 0 aromatic rings. The molecule has 0 bridgehead atoms. The standard InChI is InChI=1S/C6H14BNO/c1-4(2)6(9)8-5(3)7/h4-5H,7H2,1-3H3,(H,8,9). The molecule has 2 nitrogen and oxygen atoms in total. The van der Waals surface area contributed by atoms with Crippen LogP contribution in [0.4, 0.5) is 0 Å². The van der Waals surface area contributed by atoms with E-state index in [1.807, 2.05) is 28.6 Å². The maximum atomic E-state index is 10.8. The fraction of sp³-hybridized carbons (Fsp3) is 0.833. The summed E-state index contributed by atoms with van der Waals surface area (Å²) in [5, 5.41) is 2.80. The largest absolute Gasteiger partial charge is 0.361 e. The first-order chi connectivity index (χ1) is 4.04. The molecule has 0 radical (unpaired) electrons. The Bertz CT molecular complexity index is 101. The Balaban J connectivity index is 3.51. The van der Waals surface area contributed by atoms with E-state index in [-0.39, 0.29) is 17.8 Å². The van der Waals surface area contributed by atoms with Crippen LogP contribution in [0.15, 0.2) is 0 Å². The topological polar surface area (TPSA) is 29.1 Å². The van der Waals surface area contributed by atoms with Gasteiger partial charge in [-0.25, -0.2) is 0 Å². The van der Waals surface area contributed by atoms with Gasteiger partial charge in [-0.1, -0.05) is 20.8 Å². The summed E-state index contributed by atoms with van der Waals surface area (Å²) in [5.41, 5.74) is 0. The quantitative estimate of drug-likeness (QED) is 0.508. The number of amides is 1. The second-order valence-electron chi connectivity index (χ2n) is 2.82.